The molecule has 0 radical (unpaired) electrons. The van der Waals surface area contributed by atoms with Crippen molar-refractivity contribution < 1.29 is 4.79 Å². The van der Waals surface area contributed by atoms with Crippen LogP contribution in [0.4, 0.5) is 0 Å². The number of benzene rings is 1. The van der Waals surface area contributed by atoms with E-state index in [0.29, 0.717) is 18.7 Å². The molecule has 0 aliphatic heterocycles. The Balaban J connectivity index is 1.68. The van der Waals surface area contributed by atoms with Crippen LogP contribution in [0.15, 0.2) is 48.8 Å². The lowest BCUT2D eigenvalue weighted by Gasteiger charge is -2.10. The van der Waals surface area contributed by atoms with E-state index in [1.54, 1.807) is 12.4 Å². The summed E-state index contributed by atoms with van der Waals surface area (Å²) in [6.07, 6.45) is 4.30. The molecule has 0 saturated carbocycles. The summed E-state index contributed by atoms with van der Waals surface area (Å²) in [6.45, 7) is 2.26. The van der Waals surface area contributed by atoms with Gasteiger partial charge in [0.15, 0.2) is 5.65 Å². The highest BCUT2D eigenvalue weighted by Gasteiger charge is 2.10. The molecule has 0 saturated heterocycles. The Kier molecular flexibility index (Phi) is 5.40. The standard InChI is InChI=1S/C19H23N5O/c1-23(2)10-6-9-20-19(25)17-11-16-13-22-24(18(16)21-12-17)14-15-7-4-3-5-8-15/h3-5,7-8,11-13H,6,9-10,14H2,1-2H3,(H,20,25). The first kappa shape index (κ1) is 17.1. The summed E-state index contributed by atoms with van der Waals surface area (Å²) < 4.78 is 1.85. The molecular formula is C19H23N5O. The number of hydrogen-bond donors (Lipinski definition) is 1. The summed E-state index contributed by atoms with van der Waals surface area (Å²) in [5.74, 6) is -0.0936. The van der Waals surface area contributed by atoms with Crippen LogP contribution in [0.1, 0.15) is 22.3 Å². The summed E-state index contributed by atoms with van der Waals surface area (Å²) in [4.78, 5) is 18.8. The molecule has 25 heavy (non-hydrogen) atoms. The van der Waals surface area contributed by atoms with Crippen molar-refractivity contribution in [1.29, 1.82) is 0 Å². The summed E-state index contributed by atoms with van der Waals surface area (Å²) in [5, 5.41) is 8.21. The lowest BCUT2D eigenvalue weighted by atomic mass is 10.2. The molecule has 6 nitrogen and oxygen atoms in total. The first-order chi connectivity index (χ1) is 12.1. The van der Waals surface area contributed by atoms with E-state index in [4.69, 9.17) is 0 Å². The maximum atomic E-state index is 12.2. The van der Waals surface area contributed by atoms with E-state index < -0.39 is 0 Å². The van der Waals surface area contributed by atoms with Crippen LogP contribution in [-0.2, 0) is 6.54 Å². The SMILES string of the molecule is CN(C)CCCNC(=O)c1cnc2c(cnn2Cc2ccccc2)c1. The van der Waals surface area contributed by atoms with Gasteiger partial charge >= 0.3 is 0 Å². The van der Waals surface area contributed by atoms with E-state index in [9.17, 15) is 4.79 Å². The van der Waals surface area contributed by atoms with Crippen molar-refractivity contribution in [3.8, 4) is 0 Å². The molecule has 2 heterocycles. The molecule has 3 rings (SSSR count). The molecule has 0 bridgehead atoms. The number of aromatic nitrogens is 3. The van der Waals surface area contributed by atoms with Gasteiger partial charge in [0.2, 0.25) is 0 Å². The van der Waals surface area contributed by atoms with E-state index in [1.807, 2.05) is 43.0 Å². The molecule has 0 fully saturated rings. The first-order valence-electron chi connectivity index (χ1n) is 8.42. The average Bonchev–Trinajstić information content (AvgIpc) is 3.01. The van der Waals surface area contributed by atoms with Crippen LogP contribution in [0.25, 0.3) is 11.0 Å². The van der Waals surface area contributed by atoms with Crippen molar-refractivity contribution in [2.24, 2.45) is 0 Å². The molecule has 2 aromatic heterocycles. The number of pyridine rings is 1. The fourth-order valence-corrected chi connectivity index (χ4v) is 2.67. The Bertz CT molecular complexity index is 841. The lowest BCUT2D eigenvalue weighted by Crippen LogP contribution is -2.27. The minimum Gasteiger partial charge on any atom is -0.352 e. The van der Waals surface area contributed by atoms with Gasteiger partial charge in [0.1, 0.15) is 0 Å². The van der Waals surface area contributed by atoms with Gasteiger partial charge < -0.3 is 10.2 Å². The summed E-state index contributed by atoms with van der Waals surface area (Å²) in [6, 6.07) is 12.0. The number of hydrogen-bond acceptors (Lipinski definition) is 4. The van der Waals surface area contributed by atoms with E-state index in [2.05, 4.69) is 32.4 Å². The topological polar surface area (TPSA) is 63.1 Å². The number of nitrogens with zero attached hydrogens (tertiary/aromatic N) is 4. The molecule has 0 unspecified atom stereocenters. The molecule has 0 atom stereocenters. The third-order valence-electron chi connectivity index (χ3n) is 3.98. The Hall–Kier alpha value is -2.73. The van der Waals surface area contributed by atoms with Crippen molar-refractivity contribution in [3.63, 3.8) is 0 Å². The van der Waals surface area contributed by atoms with Crippen LogP contribution in [0.3, 0.4) is 0 Å². The van der Waals surface area contributed by atoms with Gasteiger partial charge in [-0.3, -0.25) is 4.79 Å². The van der Waals surface area contributed by atoms with Crippen LogP contribution in [-0.4, -0.2) is 52.8 Å². The van der Waals surface area contributed by atoms with Crippen molar-refractivity contribution >= 4 is 16.9 Å². The first-order valence-corrected chi connectivity index (χ1v) is 8.42. The number of nitrogens with one attached hydrogen (secondary N) is 1. The molecule has 1 amide bonds. The maximum absolute atomic E-state index is 12.2. The number of carbonyl (C=O) groups excluding carboxylic acids is 1. The quantitative estimate of drug-likeness (QED) is 0.671. The van der Waals surface area contributed by atoms with Crippen LogP contribution >= 0.6 is 0 Å². The molecular weight excluding hydrogens is 314 g/mol. The van der Waals surface area contributed by atoms with Gasteiger partial charge in [-0.2, -0.15) is 5.10 Å². The van der Waals surface area contributed by atoms with Crippen molar-refractivity contribution in [1.82, 2.24) is 25.0 Å². The minimum absolute atomic E-state index is 0.0936. The highest BCUT2D eigenvalue weighted by atomic mass is 16.1. The second-order valence-electron chi connectivity index (χ2n) is 6.34. The zero-order valence-corrected chi connectivity index (χ0v) is 14.6. The van der Waals surface area contributed by atoms with E-state index in [0.717, 1.165) is 29.6 Å². The van der Waals surface area contributed by atoms with Gasteiger partial charge in [-0.15, -0.1) is 0 Å². The molecule has 1 N–H and O–H groups in total. The monoisotopic (exact) mass is 337 g/mol. The predicted octanol–water partition coefficient (Wildman–Crippen LogP) is 2.16. The van der Waals surface area contributed by atoms with Crippen LogP contribution in [0, 0.1) is 0 Å². The molecule has 0 spiro atoms. The van der Waals surface area contributed by atoms with Crippen molar-refractivity contribution in [3.05, 3.63) is 59.9 Å². The average molecular weight is 337 g/mol. The highest BCUT2D eigenvalue weighted by Crippen LogP contribution is 2.14. The van der Waals surface area contributed by atoms with Gasteiger partial charge in [-0.1, -0.05) is 30.3 Å². The third-order valence-corrected chi connectivity index (χ3v) is 3.98. The van der Waals surface area contributed by atoms with E-state index in [-0.39, 0.29) is 5.91 Å². The molecule has 0 aliphatic rings. The summed E-state index contributed by atoms with van der Waals surface area (Å²) in [7, 11) is 4.04. The maximum Gasteiger partial charge on any atom is 0.252 e. The smallest absolute Gasteiger partial charge is 0.252 e. The normalized spacial score (nSPS) is 11.2. The van der Waals surface area contributed by atoms with Gasteiger partial charge in [-0.25, -0.2) is 9.67 Å². The summed E-state index contributed by atoms with van der Waals surface area (Å²) >= 11 is 0. The Morgan fingerprint density at radius 2 is 2.00 bits per heavy atom. The molecule has 3 aromatic rings. The molecule has 0 aliphatic carbocycles. The third kappa shape index (κ3) is 4.42. The van der Waals surface area contributed by atoms with Crippen LogP contribution in [0.5, 0.6) is 0 Å². The Labute approximate surface area is 147 Å². The number of carbonyl (C=O) groups is 1. The fourth-order valence-electron chi connectivity index (χ4n) is 2.67. The van der Waals surface area contributed by atoms with Crippen LogP contribution in [0.2, 0.25) is 0 Å². The second kappa shape index (κ2) is 7.90. The number of amides is 1. The highest BCUT2D eigenvalue weighted by molar-refractivity contribution is 5.96. The minimum atomic E-state index is -0.0936. The largest absolute Gasteiger partial charge is 0.352 e. The summed E-state index contributed by atoms with van der Waals surface area (Å²) in [5.41, 5.74) is 2.52. The fraction of sp³-hybridized carbons (Fsp3) is 0.316. The molecule has 1 aromatic carbocycles. The van der Waals surface area contributed by atoms with Crippen LogP contribution < -0.4 is 5.32 Å². The van der Waals surface area contributed by atoms with Gasteiger partial charge in [0.05, 0.1) is 18.3 Å². The van der Waals surface area contributed by atoms with Gasteiger partial charge in [0.25, 0.3) is 5.91 Å². The zero-order valence-electron chi connectivity index (χ0n) is 14.6. The van der Waals surface area contributed by atoms with Gasteiger partial charge in [0, 0.05) is 18.1 Å². The Morgan fingerprint density at radius 1 is 1.20 bits per heavy atom. The lowest BCUT2D eigenvalue weighted by molar-refractivity contribution is 0.0952. The van der Waals surface area contributed by atoms with E-state index >= 15 is 0 Å². The number of rotatable bonds is 7. The zero-order chi connectivity index (χ0) is 17.6. The molecule has 130 valence electrons. The molecule has 6 heteroatoms. The Morgan fingerprint density at radius 3 is 2.76 bits per heavy atom. The van der Waals surface area contributed by atoms with Crippen molar-refractivity contribution in [2.45, 2.75) is 13.0 Å². The van der Waals surface area contributed by atoms with E-state index in [1.165, 1.54) is 0 Å². The number of fused-ring (bicyclic) bond motifs is 1. The van der Waals surface area contributed by atoms with Gasteiger partial charge in [-0.05, 0) is 38.7 Å². The predicted molar refractivity (Wildman–Crippen MR) is 98.6 cm³/mol. The second-order valence-corrected chi connectivity index (χ2v) is 6.34. The van der Waals surface area contributed by atoms with Crippen molar-refractivity contribution in [2.75, 3.05) is 27.2 Å².